The number of para-hydroxylation sites is 1. The molecule has 0 unspecified atom stereocenters. The normalized spacial score (nSPS) is 18.0. The molecule has 1 aliphatic rings. The summed E-state index contributed by atoms with van der Waals surface area (Å²) in [6.07, 6.45) is 6.01. The van der Waals surface area contributed by atoms with Crippen LogP contribution in [0.15, 0.2) is 30.5 Å². The molecule has 3 heteroatoms. The first-order chi connectivity index (χ1) is 7.93. The topological polar surface area (TPSA) is 21.1 Å². The van der Waals surface area contributed by atoms with Gasteiger partial charge in [-0.2, -0.15) is 5.10 Å². The summed E-state index contributed by atoms with van der Waals surface area (Å²) in [5.41, 5.74) is 1.24. The lowest BCUT2D eigenvalue weighted by atomic mass is 10.1. The molecule has 0 atom stereocenters. The predicted octanol–water partition coefficient (Wildman–Crippen LogP) is 2.48. The molecule has 0 spiro atoms. The number of hydrogen-bond donors (Lipinski definition) is 0. The van der Waals surface area contributed by atoms with Crippen LogP contribution in [0, 0.1) is 0 Å². The zero-order chi connectivity index (χ0) is 10.8. The summed E-state index contributed by atoms with van der Waals surface area (Å²) in [6.45, 7) is 3.37. The fraction of sp³-hybridized carbons (Fsp3) is 0.462. The van der Waals surface area contributed by atoms with Gasteiger partial charge >= 0.3 is 0 Å². The van der Waals surface area contributed by atoms with Crippen molar-refractivity contribution in [1.82, 2.24) is 14.7 Å². The van der Waals surface area contributed by atoms with Crippen molar-refractivity contribution in [2.24, 2.45) is 0 Å². The smallest absolute Gasteiger partial charge is 0.0936 e. The van der Waals surface area contributed by atoms with E-state index >= 15 is 0 Å². The van der Waals surface area contributed by atoms with Gasteiger partial charge in [0.2, 0.25) is 0 Å². The van der Waals surface area contributed by atoms with Gasteiger partial charge in [0.15, 0.2) is 0 Å². The van der Waals surface area contributed by atoms with Crippen molar-refractivity contribution in [3.63, 3.8) is 0 Å². The Morgan fingerprint density at radius 2 is 1.88 bits per heavy atom. The number of hydrogen-bond acceptors (Lipinski definition) is 2. The van der Waals surface area contributed by atoms with Crippen molar-refractivity contribution in [3.05, 3.63) is 30.5 Å². The minimum atomic E-state index is 0.938. The summed E-state index contributed by atoms with van der Waals surface area (Å²) >= 11 is 0. The van der Waals surface area contributed by atoms with E-state index in [0.717, 1.165) is 6.67 Å². The molecule has 0 saturated carbocycles. The van der Waals surface area contributed by atoms with Gasteiger partial charge in [0.05, 0.1) is 18.4 Å². The van der Waals surface area contributed by atoms with Gasteiger partial charge < -0.3 is 0 Å². The number of rotatable bonds is 2. The van der Waals surface area contributed by atoms with E-state index in [4.69, 9.17) is 0 Å². The Kier molecular flexibility index (Phi) is 2.62. The van der Waals surface area contributed by atoms with E-state index in [9.17, 15) is 0 Å². The third kappa shape index (κ3) is 1.83. The maximum atomic E-state index is 4.46. The van der Waals surface area contributed by atoms with E-state index in [1.165, 1.54) is 43.3 Å². The van der Waals surface area contributed by atoms with Gasteiger partial charge in [-0.05, 0) is 32.0 Å². The molecule has 84 valence electrons. The molecule has 16 heavy (non-hydrogen) atoms. The number of piperidine rings is 1. The summed E-state index contributed by atoms with van der Waals surface area (Å²) in [5.74, 6) is 0. The molecular weight excluding hydrogens is 198 g/mol. The minimum Gasteiger partial charge on any atom is -0.284 e. The van der Waals surface area contributed by atoms with Crippen molar-refractivity contribution < 1.29 is 0 Å². The fourth-order valence-corrected chi connectivity index (χ4v) is 2.43. The first kappa shape index (κ1) is 9.85. The standard InChI is InChI=1S/C13H17N3/c1-4-8-15(9-5-1)11-16-13-7-3-2-6-12(13)10-14-16/h2-3,6-7,10H,1,4-5,8-9,11H2. The van der Waals surface area contributed by atoms with Crippen LogP contribution in [0.25, 0.3) is 10.9 Å². The molecular formula is C13H17N3. The van der Waals surface area contributed by atoms with Crippen LogP contribution in [-0.2, 0) is 6.67 Å². The molecule has 2 aromatic rings. The summed E-state index contributed by atoms with van der Waals surface area (Å²) in [5, 5.41) is 5.70. The Labute approximate surface area is 95.7 Å². The minimum absolute atomic E-state index is 0.938. The van der Waals surface area contributed by atoms with Gasteiger partial charge in [-0.1, -0.05) is 24.6 Å². The molecule has 0 bridgehead atoms. The number of likely N-dealkylation sites (tertiary alicyclic amines) is 1. The molecule has 1 saturated heterocycles. The van der Waals surface area contributed by atoms with Gasteiger partial charge in [0, 0.05) is 5.39 Å². The second-order valence-corrected chi connectivity index (χ2v) is 4.52. The molecule has 0 N–H and O–H groups in total. The number of fused-ring (bicyclic) bond motifs is 1. The van der Waals surface area contributed by atoms with Crippen LogP contribution in [0.1, 0.15) is 19.3 Å². The Bertz CT molecular complexity index is 469. The lowest BCUT2D eigenvalue weighted by Crippen LogP contribution is -2.31. The molecule has 1 fully saturated rings. The molecule has 2 heterocycles. The van der Waals surface area contributed by atoms with E-state index in [-0.39, 0.29) is 0 Å². The van der Waals surface area contributed by atoms with Crippen molar-refractivity contribution in [1.29, 1.82) is 0 Å². The van der Waals surface area contributed by atoms with Gasteiger partial charge in [0.1, 0.15) is 0 Å². The first-order valence-electron chi connectivity index (χ1n) is 6.06. The van der Waals surface area contributed by atoms with Crippen LogP contribution in [-0.4, -0.2) is 27.8 Å². The van der Waals surface area contributed by atoms with Gasteiger partial charge in [-0.3, -0.25) is 9.58 Å². The molecule has 0 amide bonds. The monoisotopic (exact) mass is 215 g/mol. The van der Waals surface area contributed by atoms with Crippen LogP contribution in [0.5, 0.6) is 0 Å². The third-order valence-corrected chi connectivity index (χ3v) is 3.33. The lowest BCUT2D eigenvalue weighted by molar-refractivity contribution is 0.176. The van der Waals surface area contributed by atoms with Crippen LogP contribution >= 0.6 is 0 Å². The highest BCUT2D eigenvalue weighted by molar-refractivity contribution is 5.78. The van der Waals surface area contributed by atoms with Crippen LogP contribution in [0.3, 0.4) is 0 Å². The number of nitrogens with zero attached hydrogens (tertiary/aromatic N) is 3. The molecule has 1 aliphatic heterocycles. The van der Waals surface area contributed by atoms with E-state index in [1.807, 2.05) is 6.20 Å². The van der Waals surface area contributed by atoms with Crippen molar-refractivity contribution >= 4 is 10.9 Å². The summed E-state index contributed by atoms with van der Waals surface area (Å²) in [7, 11) is 0. The SMILES string of the molecule is c1ccc2c(c1)cnn2CN1CCCCC1. The highest BCUT2D eigenvalue weighted by Gasteiger charge is 2.11. The largest absolute Gasteiger partial charge is 0.284 e. The summed E-state index contributed by atoms with van der Waals surface area (Å²) in [6, 6.07) is 8.41. The number of benzene rings is 1. The zero-order valence-electron chi connectivity index (χ0n) is 9.47. The maximum Gasteiger partial charge on any atom is 0.0936 e. The van der Waals surface area contributed by atoms with Gasteiger partial charge in [-0.25, -0.2) is 0 Å². The average molecular weight is 215 g/mol. The van der Waals surface area contributed by atoms with Gasteiger partial charge in [0.25, 0.3) is 0 Å². The Balaban J connectivity index is 1.83. The van der Waals surface area contributed by atoms with Crippen molar-refractivity contribution in [2.45, 2.75) is 25.9 Å². The zero-order valence-corrected chi connectivity index (χ0v) is 9.47. The molecule has 3 nitrogen and oxygen atoms in total. The number of aromatic nitrogens is 2. The van der Waals surface area contributed by atoms with Crippen LogP contribution < -0.4 is 0 Å². The van der Waals surface area contributed by atoms with Crippen LogP contribution in [0.4, 0.5) is 0 Å². The van der Waals surface area contributed by atoms with Crippen molar-refractivity contribution in [3.8, 4) is 0 Å². The third-order valence-electron chi connectivity index (χ3n) is 3.33. The van der Waals surface area contributed by atoms with E-state index in [1.54, 1.807) is 0 Å². The molecule has 0 aliphatic carbocycles. The molecule has 3 rings (SSSR count). The fourth-order valence-electron chi connectivity index (χ4n) is 2.43. The second-order valence-electron chi connectivity index (χ2n) is 4.52. The van der Waals surface area contributed by atoms with Crippen molar-refractivity contribution in [2.75, 3.05) is 13.1 Å². The Morgan fingerprint density at radius 3 is 2.75 bits per heavy atom. The molecule has 1 aromatic heterocycles. The highest BCUT2D eigenvalue weighted by atomic mass is 15.4. The summed E-state index contributed by atoms with van der Waals surface area (Å²) < 4.78 is 2.11. The van der Waals surface area contributed by atoms with E-state index < -0.39 is 0 Å². The van der Waals surface area contributed by atoms with Gasteiger partial charge in [-0.15, -0.1) is 0 Å². The average Bonchev–Trinajstić information content (AvgIpc) is 2.74. The van der Waals surface area contributed by atoms with E-state index in [0.29, 0.717) is 0 Å². The van der Waals surface area contributed by atoms with Crippen LogP contribution in [0.2, 0.25) is 0 Å². The first-order valence-corrected chi connectivity index (χ1v) is 6.06. The quantitative estimate of drug-likeness (QED) is 0.767. The second kappa shape index (κ2) is 4.26. The highest BCUT2D eigenvalue weighted by Crippen LogP contribution is 2.15. The lowest BCUT2D eigenvalue weighted by Gasteiger charge is -2.26. The maximum absolute atomic E-state index is 4.46. The Hall–Kier alpha value is -1.35. The molecule has 0 radical (unpaired) electrons. The van der Waals surface area contributed by atoms with E-state index in [2.05, 4.69) is 38.9 Å². The predicted molar refractivity (Wildman–Crippen MR) is 65.2 cm³/mol. The summed E-state index contributed by atoms with van der Waals surface area (Å²) in [4.78, 5) is 2.49. The Morgan fingerprint density at radius 1 is 1.06 bits per heavy atom. The molecule has 1 aromatic carbocycles.